The van der Waals surface area contributed by atoms with Gasteiger partial charge in [0.15, 0.2) is 0 Å². The average Bonchev–Trinajstić information content (AvgIpc) is 3.30. The summed E-state index contributed by atoms with van der Waals surface area (Å²) in [6.07, 6.45) is 3.45. The quantitative estimate of drug-likeness (QED) is 0.206. The van der Waals surface area contributed by atoms with E-state index in [0.29, 0.717) is 5.57 Å². The van der Waals surface area contributed by atoms with Crippen LogP contribution in [0.15, 0.2) is 127 Å². The fourth-order valence-corrected chi connectivity index (χ4v) is 5.26. The van der Waals surface area contributed by atoms with Crippen LogP contribution in [-0.2, 0) is 0 Å². The minimum atomic E-state index is 0.608. The van der Waals surface area contributed by atoms with E-state index in [1.807, 2.05) is 18.2 Å². The van der Waals surface area contributed by atoms with Crippen molar-refractivity contribution in [2.24, 2.45) is 5.73 Å². The first-order chi connectivity index (χ1) is 18.2. The molecule has 0 saturated carbocycles. The smallest absolute Gasteiger partial charge is 0.0944 e. The summed E-state index contributed by atoms with van der Waals surface area (Å²) in [5, 5.41) is 14.1. The lowest BCUT2D eigenvalue weighted by atomic mass is 9.94. The molecule has 0 saturated heterocycles. The summed E-state index contributed by atoms with van der Waals surface area (Å²) in [5.74, 6) is 0. The number of para-hydroxylation sites is 1. The second kappa shape index (κ2) is 9.18. The second-order valence-corrected chi connectivity index (χ2v) is 9.19. The molecule has 0 atom stereocenters. The van der Waals surface area contributed by atoms with Gasteiger partial charge in [-0.25, -0.2) is 0 Å². The molecule has 0 bridgehead atoms. The lowest BCUT2D eigenvalue weighted by molar-refractivity contribution is 1.18. The number of aromatic nitrogens is 1. The maximum atomic E-state index is 9.43. The number of hydrogen-bond donors (Lipinski definition) is 1. The van der Waals surface area contributed by atoms with Crippen molar-refractivity contribution in [3.05, 3.63) is 133 Å². The fourth-order valence-electron chi connectivity index (χ4n) is 5.26. The van der Waals surface area contributed by atoms with Gasteiger partial charge >= 0.3 is 0 Å². The predicted molar refractivity (Wildman–Crippen MR) is 155 cm³/mol. The zero-order valence-corrected chi connectivity index (χ0v) is 20.5. The van der Waals surface area contributed by atoms with Crippen molar-refractivity contribution in [2.75, 3.05) is 0 Å². The third-order valence-electron chi connectivity index (χ3n) is 6.93. The van der Waals surface area contributed by atoms with Crippen LogP contribution in [0.3, 0.4) is 0 Å². The highest BCUT2D eigenvalue weighted by atomic mass is 15.0. The van der Waals surface area contributed by atoms with Crippen LogP contribution in [0.25, 0.3) is 55.0 Å². The van der Waals surface area contributed by atoms with E-state index in [0.717, 1.165) is 38.6 Å². The molecular formula is C34H25N3. The molecule has 0 aliphatic rings. The largest absolute Gasteiger partial charge is 0.404 e. The van der Waals surface area contributed by atoms with Crippen LogP contribution in [0.2, 0.25) is 0 Å². The Kier molecular flexibility index (Phi) is 5.56. The number of fused-ring (bicyclic) bond motifs is 5. The Bertz CT molecular complexity index is 1880. The number of nitrogens with two attached hydrogens (primary N) is 1. The van der Waals surface area contributed by atoms with Gasteiger partial charge in [0.25, 0.3) is 0 Å². The second-order valence-electron chi connectivity index (χ2n) is 9.19. The molecule has 3 heteroatoms. The molecule has 176 valence electrons. The third-order valence-corrected chi connectivity index (χ3v) is 6.93. The molecule has 0 aliphatic carbocycles. The molecule has 0 aliphatic heterocycles. The summed E-state index contributed by atoms with van der Waals surface area (Å²) in [5.41, 5.74) is 14.3. The van der Waals surface area contributed by atoms with Crippen LogP contribution in [0, 0.1) is 11.3 Å². The maximum Gasteiger partial charge on any atom is 0.0944 e. The molecule has 1 aromatic heterocycles. The lowest BCUT2D eigenvalue weighted by Crippen LogP contribution is -1.96. The fraction of sp³-hybridized carbons (Fsp3) is 0.0294. The number of hydrogen-bond acceptors (Lipinski definition) is 2. The van der Waals surface area contributed by atoms with Gasteiger partial charge in [0.05, 0.1) is 17.1 Å². The number of nitrogens with zero attached hydrogens (tertiary/aromatic N) is 2. The van der Waals surface area contributed by atoms with Crippen LogP contribution < -0.4 is 5.73 Å². The molecule has 37 heavy (non-hydrogen) atoms. The summed E-state index contributed by atoms with van der Waals surface area (Å²) in [4.78, 5) is 0. The summed E-state index contributed by atoms with van der Waals surface area (Å²) < 4.78 is 2.34. The van der Waals surface area contributed by atoms with Crippen molar-refractivity contribution >= 4 is 38.2 Å². The van der Waals surface area contributed by atoms with E-state index in [1.165, 1.54) is 21.9 Å². The van der Waals surface area contributed by atoms with E-state index >= 15 is 0 Å². The van der Waals surface area contributed by atoms with Crippen LogP contribution >= 0.6 is 0 Å². The maximum absolute atomic E-state index is 9.43. The molecule has 3 nitrogen and oxygen atoms in total. The first-order valence-electron chi connectivity index (χ1n) is 12.3. The van der Waals surface area contributed by atoms with Crippen molar-refractivity contribution in [2.45, 2.75) is 6.92 Å². The molecule has 2 N–H and O–H groups in total. The van der Waals surface area contributed by atoms with E-state index in [2.05, 4.69) is 108 Å². The van der Waals surface area contributed by atoms with E-state index in [-0.39, 0.29) is 0 Å². The van der Waals surface area contributed by atoms with Crippen molar-refractivity contribution in [1.82, 2.24) is 4.57 Å². The van der Waals surface area contributed by atoms with Gasteiger partial charge in [-0.1, -0.05) is 84.9 Å². The summed E-state index contributed by atoms with van der Waals surface area (Å²) in [6, 6.07) is 40.6. The summed E-state index contributed by atoms with van der Waals surface area (Å²) >= 11 is 0. The Morgan fingerprint density at radius 1 is 0.730 bits per heavy atom. The van der Waals surface area contributed by atoms with E-state index in [1.54, 1.807) is 13.1 Å². The highest BCUT2D eigenvalue weighted by Gasteiger charge is 2.18. The first-order valence-corrected chi connectivity index (χ1v) is 12.3. The first kappa shape index (κ1) is 22.4. The standard InChI is InChI=1S/C34H25N3/c1-23(21-35)18-26(22-36)31-20-33-34(29-15-9-8-14-28(29)31)30-17-16-25(24-10-4-2-5-11-24)19-32(30)37(33)27-12-6-3-7-13-27/h2-20,22H,36H2,1H3/b23-18+,26-22+. The Balaban J connectivity index is 1.79. The number of benzene rings is 5. The number of nitriles is 1. The topological polar surface area (TPSA) is 54.7 Å². The Morgan fingerprint density at radius 3 is 2.11 bits per heavy atom. The molecule has 1 heterocycles. The van der Waals surface area contributed by atoms with Gasteiger partial charge in [0, 0.05) is 28.2 Å². The Morgan fingerprint density at radius 2 is 1.41 bits per heavy atom. The van der Waals surface area contributed by atoms with Crippen molar-refractivity contribution in [3.63, 3.8) is 0 Å². The number of rotatable bonds is 4. The zero-order valence-electron chi connectivity index (χ0n) is 20.5. The van der Waals surface area contributed by atoms with Crippen LogP contribution in [0.1, 0.15) is 12.5 Å². The molecule has 0 unspecified atom stereocenters. The third kappa shape index (κ3) is 3.76. The lowest BCUT2D eigenvalue weighted by Gasteiger charge is -2.12. The normalized spacial score (nSPS) is 12.3. The highest BCUT2D eigenvalue weighted by Crippen LogP contribution is 2.41. The molecule has 6 rings (SSSR count). The van der Waals surface area contributed by atoms with Gasteiger partial charge in [-0.2, -0.15) is 5.26 Å². The van der Waals surface area contributed by atoms with Crippen LogP contribution in [-0.4, -0.2) is 4.57 Å². The minimum Gasteiger partial charge on any atom is -0.404 e. The highest BCUT2D eigenvalue weighted by molar-refractivity contribution is 6.23. The van der Waals surface area contributed by atoms with Crippen LogP contribution in [0.4, 0.5) is 0 Å². The van der Waals surface area contributed by atoms with Gasteiger partial charge < -0.3 is 10.3 Å². The summed E-state index contributed by atoms with van der Waals surface area (Å²) in [6.45, 7) is 1.80. The van der Waals surface area contributed by atoms with Gasteiger partial charge in [-0.05, 0) is 70.3 Å². The predicted octanol–water partition coefficient (Wildman–Crippen LogP) is 8.37. The van der Waals surface area contributed by atoms with E-state index in [4.69, 9.17) is 5.73 Å². The van der Waals surface area contributed by atoms with Gasteiger partial charge in [0.1, 0.15) is 0 Å². The number of allylic oxidation sites excluding steroid dienone is 3. The molecule has 0 amide bonds. The van der Waals surface area contributed by atoms with Crippen molar-refractivity contribution in [1.29, 1.82) is 5.26 Å². The minimum absolute atomic E-state index is 0.608. The Labute approximate surface area is 216 Å². The van der Waals surface area contributed by atoms with Crippen molar-refractivity contribution < 1.29 is 0 Å². The molecule has 5 aromatic carbocycles. The SMILES string of the molecule is C/C(C#N)=C\C(=C/N)c1cc2c(c3ccccc13)c1ccc(-c3ccccc3)cc1n2-c1ccccc1. The van der Waals surface area contributed by atoms with E-state index < -0.39 is 0 Å². The van der Waals surface area contributed by atoms with E-state index in [9.17, 15) is 5.26 Å². The van der Waals surface area contributed by atoms with Crippen LogP contribution in [0.5, 0.6) is 0 Å². The molecule has 0 spiro atoms. The monoisotopic (exact) mass is 475 g/mol. The summed E-state index contributed by atoms with van der Waals surface area (Å²) in [7, 11) is 0. The van der Waals surface area contributed by atoms with Gasteiger partial charge in [-0.15, -0.1) is 0 Å². The molecular weight excluding hydrogens is 450 g/mol. The average molecular weight is 476 g/mol. The molecule has 0 radical (unpaired) electrons. The molecule has 0 fully saturated rings. The van der Waals surface area contributed by atoms with Gasteiger partial charge in [0.2, 0.25) is 0 Å². The van der Waals surface area contributed by atoms with Gasteiger partial charge in [-0.3, -0.25) is 0 Å². The van der Waals surface area contributed by atoms with Crippen molar-refractivity contribution in [3.8, 4) is 22.9 Å². The Hall–Kier alpha value is -5.07. The zero-order chi connectivity index (χ0) is 25.4. The molecule has 6 aromatic rings.